The minimum Gasteiger partial charge on any atom is -0.460 e. The van der Waals surface area contributed by atoms with E-state index in [4.69, 9.17) is 28.9 Å². The van der Waals surface area contributed by atoms with E-state index in [0.29, 0.717) is 36.7 Å². The largest absolute Gasteiger partial charge is 0.460 e. The first kappa shape index (κ1) is 37.6. The zero-order valence-corrected chi connectivity index (χ0v) is 30.6. The number of carbonyl (C=O) groups is 1. The van der Waals surface area contributed by atoms with Crippen molar-refractivity contribution in [2.24, 2.45) is 22.9 Å². The molecule has 2 aliphatic carbocycles. The van der Waals surface area contributed by atoms with Gasteiger partial charge in [0.25, 0.3) is 0 Å². The smallest absolute Gasteiger partial charge is 0.230 e. The Labute approximate surface area is 306 Å². The molecule has 2 aliphatic heterocycles. The molecule has 0 spiro atoms. The van der Waals surface area contributed by atoms with E-state index in [1.165, 1.54) is 0 Å². The zero-order chi connectivity index (χ0) is 35.6. The number of nitrogens with zero attached hydrogens (tertiary/aromatic N) is 1. The molecule has 1 saturated carbocycles. The second-order valence-electron chi connectivity index (χ2n) is 13.9. The fourth-order valence-corrected chi connectivity index (χ4v) is 9.62. The molecule has 2 aromatic carbocycles. The maximum Gasteiger partial charge on any atom is 0.230 e. The second kappa shape index (κ2) is 18.1. The van der Waals surface area contributed by atoms with Crippen molar-refractivity contribution in [3.8, 4) is 17.2 Å². The molecule has 2 fully saturated rings. The molecule has 276 valence electrons. The van der Waals surface area contributed by atoms with E-state index >= 15 is 0 Å². The van der Waals surface area contributed by atoms with E-state index in [2.05, 4.69) is 25.6 Å². The average molecular weight is 720 g/mol. The topological polar surface area (TPSA) is 116 Å². The van der Waals surface area contributed by atoms with Crippen LogP contribution < -0.4 is 9.47 Å². The van der Waals surface area contributed by atoms with Crippen molar-refractivity contribution in [2.75, 3.05) is 32.2 Å². The van der Waals surface area contributed by atoms with Gasteiger partial charge in [0.2, 0.25) is 12.1 Å². The van der Waals surface area contributed by atoms with Crippen molar-refractivity contribution in [3.05, 3.63) is 77.9 Å². The van der Waals surface area contributed by atoms with Gasteiger partial charge in [-0.25, -0.2) is 0 Å². The minimum atomic E-state index is -0.995. The van der Waals surface area contributed by atoms with Crippen molar-refractivity contribution in [1.82, 2.24) is 0 Å². The Morgan fingerprint density at radius 2 is 1.88 bits per heavy atom. The average Bonchev–Trinajstić information content (AvgIpc) is 3.16. The third kappa shape index (κ3) is 8.41. The summed E-state index contributed by atoms with van der Waals surface area (Å²) in [5, 5.41) is 24.4. The van der Waals surface area contributed by atoms with Crippen LogP contribution in [0.1, 0.15) is 93.0 Å². The molecule has 6 rings (SSSR count). The van der Waals surface area contributed by atoms with Crippen molar-refractivity contribution >= 4 is 23.8 Å². The summed E-state index contributed by atoms with van der Waals surface area (Å²) in [6.07, 6.45) is 13.2. The highest BCUT2D eigenvalue weighted by atomic mass is 32.2. The number of fused-ring (bicyclic) bond motifs is 2. The van der Waals surface area contributed by atoms with Gasteiger partial charge in [-0.1, -0.05) is 49.2 Å². The number of unbranched alkanes of at least 4 members (excludes halogenated alkanes) is 2. The predicted octanol–water partition coefficient (Wildman–Crippen LogP) is 8.20. The molecular formula is C41H53NO8S. The van der Waals surface area contributed by atoms with Gasteiger partial charge in [-0.15, -0.1) is 6.58 Å². The number of rotatable bonds is 18. The lowest BCUT2D eigenvalue weighted by molar-refractivity contribution is -0.223. The standard InChI is InChI=1S/C41H53NO8S/c1-3-21-47-41-37(51-4-2)26-35(42-50-38-16-7-10-22-46-38)33-24-29(13-5-8-19-43)32(15-6-9-20-44)39(40(33)41)34-25-31(17-18-36(34)49-41)48-30-14-11-12-28(23-30)27-45/h3,11-12,14,17-18,23-25,27,29,32,37-40,43-44H,1,4-10,13,15-16,19-22,26H2,2H3/t29-,32+,37-,38?,39+,40+,41+/m0/s1. The van der Waals surface area contributed by atoms with Crippen molar-refractivity contribution < 1.29 is 38.8 Å². The van der Waals surface area contributed by atoms with E-state index < -0.39 is 5.79 Å². The van der Waals surface area contributed by atoms with Crippen LogP contribution in [-0.2, 0) is 14.3 Å². The van der Waals surface area contributed by atoms with Gasteiger partial charge in [0, 0.05) is 43.1 Å². The van der Waals surface area contributed by atoms with Crippen molar-refractivity contribution in [1.29, 1.82) is 0 Å². The number of aliphatic hydroxyl groups excluding tert-OH is 2. The third-order valence-corrected chi connectivity index (χ3v) is 11.9. The number of benzene rings is 2. The Hall–Kier alpha value is -3.15. The Balaban J connectivity index is 1.51. The summed E-state index contributed by atoms with van der Waals surface area (Å²) < 4.78 is 26.4. The Kier molecular flexibility index (Phi) is 13.3. The molecule has 4 aliphatic rings. The molecule has 0 bridgehead atoms. The molecule has 10 heteroatoms. The van der Waals surface area contributed by atoms with Crippen LogP contribution in [0.25, 0.3) is 0 Å². The van der Waals surface area contributed by atoms with Gasteiger partial charge < -0.3 is 34.0 Å². The summed E-state index contributed by atoms with van der Waals surface area (Å²) in [7, 11) is 0. The van der Waals surface area contributed by atoms with Crippen LogP contribution in [0, 0.1) is 17.8 Å². The fourth-order valence-electron chi connectivity index (χ4n) is 8.44. The number of aldehydes is 1. The number of aliphatic hydroxyl groups is 2. The lowest BCUT2D eigenvalue weighted by Gasteiger charge is -2.58. The van der Waals surface area contributed by atoms with Crippen molar-refractivity contribution in [2.45, 2.75) is 94.4 Å². The predicted molar refractivity (Wildman–Crippen MR) is 200 cm³/mol. The fraction of sp³-hybridized carbons (Fsp3) is 0.561. The Morgan fingerprint density at radius 1 is 1.06 bits per heavy atom. The highest BCUT2D eigenvalue weighted by Gasteiger charge is 2.63. The summed E-state index contributed by atoms with van der Waals surface area (Å²) >= 11 is 1.82. The molecular weight excluding hydrogens is 667 g/mol. The molecule has 2 N–H and O–H groups in total. The van der Waals surface area contributed by atoms with Crippen LogP contribution in [0.5, 0.6) is 17.2 Å². The van der Waals surface area contributed by atoms with Gasteiger partial charge in [0.05, 0.1) is 30.1 Å². The van der Waals surface area contributed by atoms with Crippen LogP contribution in [-0.4, -0.2) is 71.7 Å². The van der Waals surface area contributed by atoms with E-state index in [0.717, 1.165) is 92.4 Å². The summed E-state index contributed by atoms with van der Waals surface area (Å²) in [5.74, 6) is 2.03. The van der Waals surface area contributed by atoms with Crippen LogP contribution in [0.3, 0.4) is 0 Å². The number of hydrogen-bond acceptors (Lipinski definition) is 10. The second-order valence-corrected chi connectivity index (χ2v) is 15.4. The van der Waals surface area contributed by atoms with E-state index in [-0.39, 0.29) is 48.4 Å². The first-order valence-electron chi connectivity index (χ1n) is 18.8. The third-order valence-electron chi connectivity index (χ3n) is 10.6. The summed E-state index contributed by atoms with van der Waals surface area (Å²) in [5.41, 5.74) is 3.60. The minimum absolute atomic E-state index is 0.0300. The van der Waals surface area contributed by atoms with Gasteiger partial charge in [-0.2, -0.15) is 11.8 Å². The van der Waals surface area contributed by atoms with Crippen LogP contribution >= 0.6 is 11.8 Å². The SMILES string of the molecule is C=CCO[C@@]12Oc3ccc(Oc4cccc(C=O)c4)cc3[C@H]3[C@H](CCCCO)[C@@H](CCCCO)C=C(C(=NOC4CCCCO4)C[C@@H]1SCC)[C@H]32. The molecule has 1 unspecified atom stereocenters. The highest BCUT2D eigenvalue weighted by Crippen LogP contribution is 2.62. The summed E-state index contributed by atoms with van der Waals surface area (Å²) in [6.45, 7) is 7.47. The monoisotopic (exact) mass is 719 g/mol. The number of ether oxygens (including phenoxy) is 4. The molecule has 7 atom stereocenters. The van der Waals surface area contributed by atoms with Gasteiger partial charge in [-0.3, -0.25) is 4.79 Å². The summed E-state index contributed by atoms with van der Waals surface area (Å²) in [4.78, 5) is 17.7. The zero-order valence-electron chi connectivity index (χ0n) is 29.8. The van der Waals surface area contributed by atoms with Crippen LogP contribution in [0.2, 0.25) is 0 Å². The first-order valence-corrected chi connectivity index (χ1v) is 19.8. The van der Waals surface area contributed by atoms with E-state index in [9.17, 15) is 15.0 Å². The lowest BCUT2D eigenvalue weighted by Crippen LogP contribution is -2.64. The number of carbonyl (C=O) groups excluding carboxylic acids is 1. The van der Waals surface area contributed by atoms with Crippen molar-refractivity contribution in [3.63, 3.8) is 0 Å². The number of thioether (sulfide) groups is 1. The molecule has 51 heavy (non-hydrogen) atoms. The molecule has 0 radical (unpaired) electrons. The van der Waals surface area contributed by atoms with E-state index in [1.54, 1.807) is 18.2 Å². The number of hydrogen-bond donors (Lipinski definition) is 2. The highest BCUT2D eigenvalue weighted by molar-refractivity contribution is 8.00. The lowest BCUT2D eigenvalue weighted by atomic mass is 9.56. The van der Waals surface area contributed by atoms with Crippen LogP contribution in [0.15, 0.2) is 71.9 Å². The Bertz CT molecular complexity index is 1540. The first-order chi connectivity index (χ1) is 25.0. The van der Waals surface area contributed by atoms with Gasteiger partial charge in [0.1, 0.15) is 23.5 Å². The maximum absolute atomic E-state index is 11.5. The number of allylic oxidation sites excluding steroid dienone is 1. The number of oxime groups is 1. The van der Waals surface area contributed by atoms with E-state index in [1.807, 2.05) is 36.0 Å². The van der Waals surface area contributed by atoms with Gasteiger partial charge in [0.15, 0.2) is 0 Å². The summed E-state index contributed by atoms with van der Waals surface area (Å²) in [6, 6.07) is 13.2. The quantitative estimate of drug-likeness (QED) is 0.0681. The van der Waals surface area contributed by atoms with Crippen LogP contribution in [0.4, 0.5) is 0 Å². The molecule has 0 amide bonds. The van der Waals surface area contributed by atoms with Gasteiger partial charge >= 0.3 is 0 Å². The maximum atomic E-state index is 11.5. The molecule has 9 nitrogen and oxygen atoms in total. The molecule has 2 aromatic rings. The Morgan fingerprint density at radius 3 is 2.63 bits per heavy atom. The van der Waals surface area contributed by atoms with Gasteiger partial charge in [-0.05, 0) is 92.0 Å². The molecule has 2 heterocycles. The molecule has 0 aromatic heterocycles. The molecule has 1 saturated heterocycles. The normalized spacial score (nSPS) is 28.9.